The summed E-state index contributed by atoms with van der Waals surface area (Å²) < 4.78 is 2.39. The highest BCUT2D eigenvalue weighted by Gasteiger charge is 2.47. The Labute approximate surface area is 181 Å². The Kier molecular flexibility index (Phi) is 5.29. The van der Waals surface area contributed by atoms with Gasteiger partial charge >= 0.3 is 11.9 Å². The lowest BCUT2D eigenvalue weighted by atomic mass is 9.99. The zero-order chi connectivity index (χ0) is 21.6. The number of amides is 4. The number of hydrogen-bond acceptors (Lipinski definition) is 7. The number of imide groups is 1. The number of hydrogen-bond donors (Lipinski definition) is 1. The lowest BCUT2D eigenvalue weighted by Crippen LogP contribution is -2.52. The van der Waals surface area contributed by atoms with Gasteiger partial charge in [0.15, 0.2) is 11.0 Å². The van der Waals surface area contributed by atoms with Crippen molar-refractivity contribution in [1.29, 1.82) is 0 Å². The molecule has 154 valence electrons. The number of urea groups is 1. The van der Waals surface area contributed by atoms with Gasteiger partial charge < -0.3 is 5.32 Å². The van der Waals surface area contributed by atoms with Crippen LogP contribution in [-0.4, -0.2) is 64.2 Å². The molecule has 2 aliphatic rings. The number of nitrogens with one attached hydrogen (secondary N) is 1. The minimum absolute atomic E-state index is 0.119. The van der Waals surface area contributed by atoms with Crippen molar-refractivity contribution < 1.29 is 19.0 Å². The fraction of sp³-hybridized carbons (Fsp3) is 0.300. The Bertz CT molecular complexity index is 1190. The van der Waals surface area contributed by atoms with Gasteiger partial charge in [-0.1, -0.05) is 17.4 Å². The summed E-state index contributed by atoms with van der Waals surface area (Å²) in [6, 6.07) is 5.53. The number of dihydropyridines is 1. The van der Waals surface area contributed by atoms with E-state index >= 15 is 0 Å². The van der Waals surface area contributed by atoms with E-state index in [-0.39, 0.29) is 17.6 Å². The Morgan fingerprint density at radius 1 is 1.33 bits per heavy atom. The summed E-state index contributed by atoms with van der Waals surface area (Å²) >= 11 is 2.71. The quantitative estimate of drug-likeness (QED) is 0.735. The number of thiazole rings is 1. The molecule has 2 aromatic rings. The fourth-order valence-corrected chi connectivity index (χ4v) is 5.33. The third-order valence-corrected chi connectivity index (χ3v) is 7.15. The van der Waals surface area contributed by atoms with Crippen LogP contribution in [0.1, 0.15) is 12.5 Å². The van der Waals surface area contributed by atoms with E-state index in [0.717, 1.165) is 31.2 Å². The van der Waals surface area contributed by atoms with Crippen LogP contribution >= 0.6 is 23.1 Å². The third kappa shape index (κ3) is 3.56. The van der Waals surface area contributed by atoms with E-state index in [9.17, 15) is 14.4 Å². The summed E-state index contributed by atoms with van der Waals surface area (Å²) in [5.74, 6) is -0.715. The summed E-state index contributed by atoms with van der Waals surface area (Å²) in [4.78, 5) is 48.0. The van der Waals surface area contributed by atoms with Crippen molar-refractivity contribution in [2.24, 2.45) is 10.9 Å². The molecule has 0 bridgehead atoms. The first kappa shape index (κ1) is 20.4. The zero-order valence-corrected chi connectivity index (χ0v) is 18.6. The van der Waals surface area contributed by atoms with Crippen molar-refractivity contribution in [1.82, 2.24) is 9.88 Å². The molecule has 0 spiro atoms. The molecule has 4 rings (SSSR count). The van der Waals surface area contributed by atoms with Crippen molar-refractivity contribution in [2.75, 3.05) is 25.2 Å². The molecule has 0 saturated heterocycles. The van der Waals surface area contributed by atoms with Crippen molar-refractivity contribution in [3.63, 3.8) is 0 Å². The molecule has 30 heavy (non-hydrogen) atoms. The number of carbonyl (C=O) groups is 3. The molecule has 4 amide bonds. The summed E-state index contributed by atoms with van der Waals surface area (Å²) in [5, 5.41) is 3.38. The number of nitrogens with zero attached hydrogens (tertiary/aromatic N) is 4. The topological polar surface area (TPSA) is 94.7 Å². The molecule has 10 heteroatoms. The average Bonchev–Trinajstić information content (AvgIpc) is 3.10. The van der Waals surface area contributed by atoms with Gasteiger partial charge in [-0.15, -0.1) is 16.8 Å². The SMILES string of the molecule is CC1=C(SCC(=O)Nc2nc3ccc(C)cc3s2)C2C(=O)N(C)C(=O)[N+](C)=C2N=C1. The number of aryl methyl sites for hydroxylation is 1. The summed E-state index contributed by atoms with van der Waals surface area (Å²) in [5.41, 5.74) is 2.79. The molecule has 1 unspecified atom stereocenters. The lowest BCUT2D eigenvalue weighted by molar-refractivity contribution is -0.407. The second kappa shape index (κ2) is 7.77. The number of rotatable bonds is 4. The molecule has 1 atom stereocenters. The van der Waals surface area contributed by atoms with Crippen LogP contribution in [0.4, 0.5) is 9.93 Å². The number of aromatic nitrogens is 1. The fourth-order valence-electron chi connectivity index (χ4n) is 3.34. The largest absolute Gasteiger partial charge is 0.445 e. The highest BCUT2D eigenvalue weighted by Crippen LogP contribution is 2.35. The molecule has 2 aliphatic heterocycles. The number of fused-ring (bicyclic) bond motifs is 2. The smallest absolute Gasteiger partial charge is 0.301 e. The monoisotopic (exact) mass is 442 g/mol. The van der Waals surface area contributed by atoms with Gasteiger partial charge in [0, 0.05) is 4.91 Å². The van der Waals surface area contributed by atoms with Gasteiger partial charge in [-0.25, -0.2) is 9.78 Å². The van der Waals surface area contributed by atoms with Gasteiger partial charge in [0.2, 0.25) is 5.91 Å². The van der Waals surface area contributed by atoms with Gasteiger partial charge in [0.1, 0.15) is 6.21 Å². The van der Waals surface area contributed by atoms with Crippen LogP contribution in [0.5, 0.6) is 0 Å². The third-order valence-electron chi connectivity index (χ3n) is 4.94. The van der Waals surface area contributed by atoms with Crippen LogP contribution in [0.2, 0.25) is 0 Å². The van der Waals surface area contributed by atoms with Crippen molar-refractivity contribution >= 4 is 68.3 Å². The predicted octanol–water partition coefficient (Wildman–Crippen LogP) is 2.88. The minimum Gasteiger partial charge on any atom is -0.301 e. The van der Waals surface area contributed by atoms with E-state index in [1.807, 2.05) is 32.0 Å². The van der Waals surface area contributed by atoms with Gasteiger partial charge in [0.05, 0.1) is 30.1 Å². The number of carbonyl (C=O) groups excluding carboxylic acids is 3. The second-order valence-corrected chi connectivity index (χ2v) is 9.21. The first-order valence-electron chi connectivity index (χ1n) is 9.23. The summed E-state index contributed by atoms with van der Waals surface area (Å²) in [6.07, 6.45) is 1.63. The number of aliphatic imine (C=N–C) groups is 1. The van der Waals surface area contributed by atoms with Gasteiger partial charge in [-0.3, -0.25) is 9.59 Å². The molecule has 3 heterocycles. The molecule has 0 aliphatic carbocycles. The van der Waals surface area contributed by atoms with E-state index in [1.165, 1.54) is 34.7 Å². The number of thioether (sulfide) groups is 1. The molecule has 1 aromatic heterocycles. The summed E-state index contributed by atoms with van der Waals surface area (Å²) in [7, 11) is 3.05. The van der Waals surface area contributed by atoms with Crippen molar-refractivity contribution in [3.05, 3.63) is 34.2 Å². The Balaban J connectivity index is 1.50. The van der Waals surface area contributed by atoms with Crippen LogP contribution in [0.15, 0.2) is 33.7 Å². The number of allylic oxidation sites excluding steroid dienone is 1. The lowest BCUT2D eigenvalue weighted by Gasteiger charge is -2.27. The number of anilines is 1. The summed E-state index contributed by atoms with van der Waals surface area (Å²) in [6.45, 7) is 3.86. The predicted molar refractivity (Wildman–Crippen MR) is 119 cm³/mol. The van der Waals surface area contributed by atoms with Crippen LogP contribution in [0.3, 0.4) is 0 Å². The molecular weight excluding hydrogens is 422 g/mol. The Hall–Kier alpha value is -2.85. The van der Waals surface area contributed by atoms with Crippen molar-refractivity contribution in [2.45, 2.75) is 13.8 Å². The van der Waals surface area contributed by atoms with E-state index in [0.29, 0.717) is 11.0 Å². The van der Waals surface area contributed by atoms with E-state index in [2.05, 4.69) is 15.3 Å². The van der Waals surface area contributed by atoms with Crippen LogP contribution in [0.25, 0.3) is 10.2 Å². The van der Waals surface area contributed by atoms with E-state index < -0.39 is 11.9 Å². The Morgan fingerprint density at radius 2 is 2.10 bits per heavy atom. The minimum atomic E-state index is -0.675. The molecule has 8 nitrogen and oxygen atoms in total. The Morgan fingerprint density at radius 3 is 2.87 bits per heavy atom. The maximum absolute atomic E-state index is 12.8. The van der Waals surface area contributed by atoms with E-state index in [4.69, 9.17) is 0 Å². The van der Waals surface area contributed by atoms with Crippen LogP contribution in [-0.2, 0) is 9.59 Å². The van der Waals surface area contributed by atoms with E-state index in [1.54, 1.807) is 13.3 Å². The van der Waals surface area contributed by atoms with Crippen LogP contribution in [0, 0.1) is 12.8 Å². The van der Waals surface area contributed by atoms with Gasteiger partial charge in [-0.2, -0.15) is 9.48 Å². The highest BCUT2D eigenvalue weighted by atomic mass is 32.2. The maximum atomic E-state index is 12.8. The first-order valence-corrected chi connectivity index (χ1v) is 11.0. The second-order valence-electron chi connectivity index (χ2n) is 7.16. The van der Waals surface area contributed by atoms with Gasteiger partial charge in [-0.05, 0) is 37.1 Å². The first-order chi connectivity index (χ1) is 14.3. The zero-order valence-electron chi connectivity index (χ0n) is 16.9. The molecule has 0 fully saturated rings. The number of amidine groups is 1. The maximum Gasteiger partial charge on any atom is 0.445 e. The molecule has 0 saturated carbocycles. The average molecular weight is 443 g/mol. The highest BCUT2D eigenvalue weighted by molar-refractivity contribution is 8.03. The molecule has 1 aromatic carbocycles. The molecular formula is C20H20N5O3S2+. The molecule has 0 radical (unpaired) electrons. The van der Waals surface area contributed by atoms with Crippen molar-refractivity contribution in [3.8, 4) is 0 Å². The number of benzene rings is 1. The van der Waals surface area contributed by atoms with Crippen LogP contribution < -0.4 is 5.32 Å². The normalized spacial score (nSPS) is 19.1. The molecule has 1 N–H and O–H groups in total. The van der Waals surface area contributed by atoms with Gasteiger partial charge in [0.25, 0.3) is 5.84 Å². The standard InChI is InChI=1S/C20H19N5O3S2/c1-10-5-6-12-13(7-10)30-19(22-12)23-14(26)9-29-16-11(2)8-21-17-15(16)18(27)25(4)20(28)24(17)3/h5-8,15H,9H2,1-4H3/p+1.